The first-order valence-corrected chi connectivity index (χ1v) is 8.79. The second-order valence-corrected chi connectivity index (χ2v) is 7.53. The summed E-state index contributed by atoms with van der Waals surface area (Å²) in [7, 11) is -3.10. The Hall–Kier alpha value is -0.620. The van der Waals surface area contributed by atoms with Gasteiger partial charge in [0.2, 0.25) is 15.9 Å². The molecule has 1 aliphatic rings. The highest BCUT2D eigenvalue weighted by molar-refractivity contribution is 7.89. The van der Waals surface area contributed by atoms with Gasteiger partial charge in [0, 0.05) is 25.0 Å². The molecule has 6 heteroatoms. The molecule has 1 saturated heterocycles. The highest BCUT2D eigenvalue weighted by Gasteiger charge is 2.30. The van der Waals surface area contributed by atoms with Gasteiger partial charge < -0.3 is 5.32 Å². The molecule has 1 amide bonds. The Kier molecular flexibility index (Phi) is 6.26. The van der Waals surface area contributed by atoms with E-state index in [-0.39, 0.29) is 23.6 Å². The SMILES string of the molecule is CCC[C@H](C)NC(=O)C1CCN(S(=O)(=O)CC)CC1. The summed E-state index contributed by atoms with van der Waals surface area (Å²) in [6.07, 6.45) is 3.29. The van der Waals surface area contributed by atoms with Crippen molar-refractivity contribution in [3.63, 3.8) is 0 Å². The van der Waals surface area contributed by atoms with E-state index in [4.69, 9.17) is 0 Å². The third-order valence-electron chi connectivity index (χ3n) is 3.69. The van der Waals surface area contributed by atoms with E-state index in [9.17, 15) is 13.2 Å². The van der Waals surface area contributed by atoms with E-state index in [1.807, 2.05) is 6.92 Å². The molecule has 0 spiro atoms. The fourth-order valence-electron chi connectivity index (χ4n) is 2.44. The third kappa shape index (κ3) is 4.76. The van der Waals surface area contributed by atoms with E-state index >= 15 is 0 Å². The van der Waals surface area contributed by atoms with Crippen LogP contribution in [0.3, 0.4) is 0 Å². The number of nitrogens with zero attached hydrogens (tertiary/aromatic N) is 1. The molecule has 112 valence electrons. The summed E-state index contributed by atoms with van der Waals surface area (Å²) in [5.41, 5.74) is 0. The molecule has 5 nitrogen and oxygen atoms in total. The second-order valence-electron chi connectivity index (χ2n) is 5.27. The smallest absolute Gasteiger partial charge is 0.223 e. The predicted octanol–water partition coefficient (Wildman–Crippen LogP) is 1.35. The number of nitrogens with one attached hydrogen (secondary N) is 1. The zero-order valence-electron chi connectivity index (χ0n) is 12.2. The Morgan fingerprint density at radius 2 is 1.89 bits per heavy atom. The first-order valence-electron chi connectivity index (χ1n) is 7.18. The molecule has 1 fully saturated rings. The Labute approximate surface area is 116 Å². The minimum absolute atomic E-state index is 0.0392. The number of hydrogen-bond donors (Lipinski definition) is 1. The van der Waals surface area contributed by atoms with Crippen molar-refractivity contribution in [2.75, 3.05) is 18.8 Å². The molecule has 0 aromatic heterocycles. The first kappa shape index (κ1) is 16.4. The van der Waals surface area contributed by atoms with Crippen molar-refractivity contribution in [2.24, 2.45) is 5.92 Å². The fourth-order valence-corrected chi connectivity index (χ4v) is 3.58. The molecule has 19 heavy (non-hydrogen) atoms. The lowest BCUT2D eigenvalue weighted by molar-refractivity contribution is -0.126. The Morgan fingerprint density at radius 3 is 2.37 bits per heavy atom. The van der Waals surface area contributed by atoms with Crippen LogP contribution in [0.2, 0.25) is 0 Å². The van der Waals surface area contributed by atoms with Gasteiger partial charge in [-0.3, -0.25) is 4.79 Å². The lowest BCUT2D eigenvalue weighted by atomic mass is 9.96. The van der Waals surface area contributed by atoms with Crippen molar-refractivity contribution in [2.45, 2.75) is 52.5 Å². The Morgan fingerprint density at radius 1 is 1.32 bits per heavy atom. The third-order valence-corrected chi connectivity index (χ3v) is 5.57. The van der Waals surface area contributed by atoms with Crippen LogP contribution in [-0.4, -0.2) is 43.5 Å². The molecule has 1 N–H and O–H groups in total. The molecule has 0 aliphatic carbocycles. The molecule has 0 aromatic rings. The molecule has 1 atom stereocenters. The predicted molar refractivity (Wildman–Crippen MR) is 76.3 cm³/mol. The van der Waals surface area contributed by atoms with Gasteiger partial charge in [-0.2, -0.15) is 0 Å². The number of carbonyl (C=O) groups is 1. The maximum atomic E-state index is 12.0. The average Bonchev–Trinajstić information content (AvgIpc) is 2.39. The maximum absolute atomic E-state index is 12.0. The average molecular weight is 290 g/mol. The standard InChI is InChI=1S/C13H26N2O3S/c1-4-6-11(3)14-13(16)12-7-9-15(10-8-12)19(17,18)5-2/h11-12H,4-10H2,1-3H3,(H,14,16)/t11-/m0/s1. The highest BCUT2D eigenvalue weighted by atomic mass is 32.2. The first-order chi connectivity index (χ1) is 8.90. The van der Waals surface area contributed by atoms with Gasteiger partial charge in [-0.25, -0.2) is 12.7 Å². The molecular formula is C13H26N2O3S. The van der Waals surface area contributed by atoms with Crippen LogP contribution in [0.4, 0.5) is 0 Å². The van der Waals surface area contributed by atoms with E-state index in [2.05, 4.69) is 12.2 Å². The summed E-state index contributed by atoms with van der Waals surface area (Å²) in [5, 5.41) is 3.01. The van der Waals surface area contributed by atoms with Crippen LogP contribution in [0.1, 0.15) is 46.5 Å². The van der Waals surface area contributed by atoms with Crippen molar-refractivity contribution < 1.29 is 13.2 Å². The summed E-state index contributed by atoms with van der Waals surface area (Å²) in [6.45, 7) is 6.70. The summed E-state index contributed by atoms with van der Waals surface area (Å²) >= 11 is 0. The molecule has 0 radical (unpaired) electrons. The maximum Gasteiger partial charge on any atom is 0.223 e. The van der Waals surface area contributed by atoms with Gasteiger partial charge in [0.1, 0.15) is 0 Å². The van der Waals surface area contributed by atoms with Crippen molar-refractivity contribution in [3.05, 3.63) is 0 Å². The van der Waals surface area contributed by atoms with Gasteiger partial charge >= 0.3 is 0 Å². The molecule has 1 rings (SSSR count). The van der Waals surface area contributed by atoms with E-state index < -0.39 is 10.0 Å². The number of piperidine rings is 1. The Balaban J connectivity index is 2.43. The van der Waals surface area contributed by atoms with Crippen molar-refractivity contribution in [1.29, 1.82) is 0 Å². The van der Waals surface area contributed by atoms with Gasteiger partial charge in [0.05, 0.1) is 5.75 Å². The van der Waals surface area contributed by atoms with E-state index in [1.165, 1.54) is 4.31 Å². The molecule has 1 aliphatic heterocycles. The molecule has 0 bridgehead atoms. The number of carbonyl (C=O) groups excluding carboxylic acids is 1. The van der Waals surface area contributed by atoms with Gasteiger partial charge in [0.15, 0.2) is 0 Å². The number of hydrogen-bond acceptors (Lipinski definition) is 3. The van der Waals surface area contributed by atoms with Crippen LogP contribution in [0, 0.1) is 5.92 Å². The van der Waals surface area contributed by atoms with Crippen LogP contribution in [-0.2, 0) is 14.8 Å². The van der Waals surface area contributed by atoms with Gasteiger partial charge in [-0.05, 0) is 33.1 Å². The molecule has 0 unspecified atom stereocenters. The molecular weight excluding hydrogens is 264 g/mol. The monoisotopic (exact) mass is 290 g/mol. The van der Waals surface area contributed by atoms with Crippen LogP contribution in [0.5, 0.6) is 0 Å². The second kappa shape index (κ2) is 7.24. The Bertz CT molecular complexity index is 387. The number of rotatable bonds is 6. The van der Waals surface area contributed by atoms with Crippen molar-refractivity contribution in [3.8, 4) is 0 Å². The minimum Gasteiger partial charge on any atom is -0.353 e. The van der Waals surface area contributed by atoms with Crippen molar-refractivity contribution >= 4 is 15.9 Å². The minimum atomic E-state index is -3.10. The van der Waals surface area contributed by atoms with Crippen LogP contribution < -0.4 is 5.32 Å². The molecule has 1 heterocycles. The van der Waals surface area contributed by atoms with Crippen LogP contribution in [0.15, 0.2) is 0 Å². The van der Waals surface area contributed by atoms with Gasteiger partial charge in [0.25, 0.3) is 0 Å². The lowest BCUT2D eigenvalue weighted by Gasteiger charge is -2.30. The molecule has 0 aromatic carbocycles. The van der Waals surface area contributed by atoms with Crippen LogP contribution in [0.25, 0.3) is 0 Å². The number of sulfonamides is 1. The largest absolute Gasteiger partial charge is 0.353 e. The van der Waals surface area contributed by atoms with Gasteiger partial charge in [-0.1, -0.05) is 13.3 Å². The normalized spacial score (nSPS) is 20.2. The molecule has 0 saturated carbocycles. The summed E-state index contributed by atoms with van der Waals surface area (Å²) in [6, 6.07) is 0.204. The number of amides is 1. The van der Waals surface area contributed by atoms with Gasteiger partial charge in [-0.15, -0.1) is 0 Å². The van der Waals surface area contributed by atoms with Crippen LogP contribution >= 0.6 is 0 Å². The zero-order chi connectivity index (χ0) is 14.5. The quantitative estimate of drug-likeness (QED) is 0.803. The summed E-state index contributed by atoms with van der Waals surface area (Å²) in [4.78, 5) is 12.0. The lowest BCUT2D eigenvalue weighted by Crippen LogP contribution is -2.45. The zero-order valence-corrected chi connectivity index (χ0v) is 13.0. The van der Waals surface area contributed by atoms with Crippen molar-refractivity contribution in [1.82, 2.24) is 9.62 Å². The van der Waals surface area contributed by atoms with E-state index in [0.29, 0.717) is 25.9 Å². The topological polar surface area (TPSA) is 66.5 Å². The van der Waals surface area contributed by atoms with E-state index in [0.717, 1.165) is 12.8 Å². The summed E-state index contributed by atoms with van der Waals surface area (Å²) in [5.74, 6) is 0.175. The highest BCUT2D eigenvalue weighted by Crippen LogP contribution is 2.20. The van der Waals surface area contributed by atoms with E-state index in [1.54, 1.807) is 6.92 Å². The summed E-state index contributed by atoms with van der Waals surface area (Å²) < 4.78 is 24.9. The fraction of sp³-hybridized carbons (Fsp3) is 0.923.